The van der Waals surface area contributed by atoms with Crippen molar-refractivity contribution in [2.75, 3.05) is 6.54 Å². The third-order valence-electron chi connectivity index (χ3n) is 3.24. The van der Waals surface area contributed by atoms with Crippen molar-refractivity contribution in [1.29, 1.82) is 0 Å². The van der Waals surface area contributed by atoms with Crippen molar-refractivity contribution in [3.63, 3.8) is 0 Å². The summed E-state index contributed by atoms with van der Waals surface area (Å²) in [6.07, 6.45) is 0.590. The number of carbonyl (C=O) groups is 1. The highest BCUT2D eigenvalue weighted by Crippen LogP contribution is 2.11. The molecule has 0 aromatic heterocycles. The fourth-order valence-corrected chi connectivity index (χ4v) is 2.98. The lowest BCUT2D eigenvalue weighted by Crippen LogP contribution is -2.26. The molecule has 0 fully saturated rings. The van der Waals surface area contributed by atoms with Gasteiger partial charge in [-0.25, -0.2) is 17.9 Å². The lowest BCUT2D eigenvalue weighted by Gasteiger charge is -2.07. The SMILES string of the molecule is Cc1ccc(CCNS(=O)(=O)c2ccc(C(=O)O)cc2)cc1. The van der Waals surface area contributed by atoms with Gasteiger partial charge in [-0.15, -0.1) is 0 Å². The second-order valence-corrected chi connectivity index (χ2v) is 6.73. The van der Waals surface area contributed by atoms with Gasteiger partial charge >= 0.3 is 5.97 Å². The van der Waals surface area contributed by atoms with E-state index in [0.717, 1.165) is 11.1 Å². The summed E-state index contributed by atoms with van der Waals surface area (Å²) in [6, 6.07) is 13.0. The summed E-state index contributed by atoms with van der Waals surface area (Å²) < 4.78 is 26.7. The summed E-state index contributed by atoms with van der Waals surface area (Å²) in [6.45, 7) is 2.28. The molecule has 0 aliphatic carbocycles. The highest BCUT2D eigenvalue weighted by molar-refractivity contribution is 7.89. The van der Waals surface area contributed by atoms with Crippen LogP contribution in [-0.4, -0.2) is 26.0 Å². The third kappa shape index (κ3) is 4.16. The second kappa shape index (κ2) is 6.72. The van der Waals surface area contributed by atoms with Crippen molar-refractivity contribution in [2.45, 2.75) is 18.2 Å². The fraction of sp³-hybridized carbons (Fsp3) is 0.188. The van der Waals surface area contributed by atoms with Crippen molar-refractivity contribution in [3.8, 4) is 0 Å². The number of hydrogen-bond donors (Lipinski definition) is 2. The maximum atomic E-state index is 12.1. The zero-order chi connectivity index (χ0) is 16.2. The number of carboxylic acids is 1. The number of aromatic carboxylic acids is 1. The van der Waals surface area contributed by atoms with Crippen LogP contribution in [-0.2, 0) is 16.4 Å². The molecule has 0 heterocycles. The van der Waals surface area contributed by atoms with Gasteiger partial charge in [0.25, 0.3) is 0 Å². The Morgan fingerprint density at radius 3 is 2.18 bits per heavy atom. The fourth-order valence-electron chi connectivity index (χ4n) is 1.94. The van der Waals surface area contributed by atoms with Crippen LogP contribution in [0.1, 0.15) is 21.5 Å². The molecule has 0 spiro atoms. The smallest absolute Gasteiger partial charge is 0.335 e. The van der Waals surface area contributed by atoms with Crippen LogP contribution in [0.15, 0.2) is 53.4 Å². The van der Waals surface area contributed by atoms with E-state index >= 15 is 0 Å². The second-order valence-electron chi connectivity index (χ2n) is 4.96. The largest absolute Gasteiger partial charge is 0.478 e. The van der Waals surface area contributed by atoms with Gasteiger partial charge in [-0.3, -0.25) is 0 Å². The maximum absolute atomic E-state index is 12.1. The summed E-state index contributed by atoms with van der Waals surface area (Å²) >= 11 is 0. The van der Waals surface area contributed by atoms with Crippen LogP contribution >= 0.6 is 0 Å². The predicted octanol–water partition coefficient (Wildman–Crippen LogP) is 2.21. The van der Waals surface area contributed by atoms with Crippen LogP contribution < -0.4 is 4.72 Å². The predicted molar refractivity (Wildman–Crippen MR) is 83.5 cm³/mol. The van der Waals surface area contributed by atoms with Gasteiger partial charge < -0.3 is 5.11 Å². The molecular formula is C16H17NO4S. The first-order valence-electron chi connectivity index (χ1n) is 6.77. The average molecular weight is 319 g/mol. The Bertz CT molecular complexity index is 750. The summed E-state index contributed by atoms with van der Waals surface area (Å²) in [5.74, 6) is -1.09. The number of sulfonamides is 1. The van der Waals surface area contributed by atoms with E-state index in [2.05, 4.69) is 4.72 Å². The Balaban J connectivity index is 1.98. The number of rotatable bonds is 6. The first-order valence-corrected chi connectivity index (χ1v) is 8.25. The Kier molecular flexibility index (Phi) is 4.95. The Labute approximate surface area is 129 Å². The summed E-state index contributed by atoms with van der Waals surface area (Å²) in [5, 5.41) is 8.80. The van der Waals surface area contributed by atoms with Gasteiger partial charge in [0.1, 0.15) is 0 Å². The summed E-state index contributed by atoms with van der Waals surface area (Å²) in [5.41, 5.74) is 2.26. The van der Waals surface area contributed by atoms with Gasteiger partial charge in [0.05, 0.1) is 10.5 Å². The Morgan fingerprint density at radius 2 is 1.64 bits per heavy atom. The van der Waals surface area contributed by atoms with Crippen LogP contribution in [0.4, 0.5) is 0 Å². The van der Waals surface area contributed by atoms with Gasteiger partial charge in [0.15, 0.2) is 0 Å². The molecule has 2 aromatic carbocycles. The van der Waals surface area contributed by atoms with Crippen molar-refractivity contribution in [2.24, 2.45) is 0 Å². The number of carboxylic acid groups (broad SMARTS) is 1. The quantitative estimate of drug-likeness (QED) is 0.855. The first-order chi connectivity index (χ1) is 10.4. The minimum atomic E-state index is -3.62. The van der Waals surface area contributed by atoms with Gasteiger partial charge in [-0.1, -0.05) is 29.8 Å². The van der Waals surface area contributed by atoms with E-state index < -0.39 is 16.0 Å². The van der Waals surface area contributed by atoms with Gasteiger partial charge in [0, 0.05) is 6.54 Å². The molecule has 0 unspecified atom stereocenters. The van der Waals surface area contributed by atoms with Crippen molar-refractivity contribution >= 4 is 16.0 Å². The summed E-state index contributed by atoms with van der Waals surface area (Å²) in [7, 11) is -3.62. The highest BCUT2D eigenvalue weighted by Gasteiger charge is 2.14. The minimum absolute atomic E-state index is 0.0543. The van der Waals surface area contributed by atoms with Gasteiger partial charge in [-0.2, -0.15) is 0 Å². The molecule has 0 aliphatic heterocycles. The highest BCUT2D eigenvalue weighted by atomic mass is 32.2. The molecule has 0 radical (unpaired) electrons. The molecule has 6 heteroatoms. The van der Waals surface area contributed by atoms with Crippen LogP contribution in [0.2, 0.25) is 0 Å². The molecule has 2 rings (SSSR count). The number of nitrogens with one attached hydrogen (secondary N) is 1. The molecule has 0 amide bonds. The molecule has 22 heavy (non-hydrogen) atoms. The monoisotopic (exact) mass is 319 g/mol. The molecule has 0 aliphatic rings. The third-order valence-corrected chi connectivity index (χ3v) is 4.71. The van der Waals surface area contributed by atoms with Crippen LogP contribution in [0.5, 0.6) is 0 Å². The molecule has 5 nitrogen and oxygen atoms in total. The average Bonchev–Trinajstić information content (AvgIpc) is 2.49. The van der Waals surface area contributed by atoms with Crippen molar-refractivity contribution in [3.05, 3.63) is 65.2 Å². The molecule has 0 saturated heterocycles. The molecule has 2 aromatic rings. The molecule has 2 N–H and O–H groups in total. The normalized spacial score (nSPS) is 11.3. The standard InChI is InChI=1S/C16H17NO4S/c1-12-2-4-13(5-3-12)10-11-17-22(20,21)15-8-6-14(7-9-15)16(18)19/h2-9,17H,10-11H2,1H3,(H,18,19). The molecule has 0 saturated carbocycles. The molecule has 116 valence electrons. The number of benzene rings is 2. The minimum Gasteiger partial charge on any atom is -0.478 e. The first kappa shape index (κ1) is 16.2. The van der Waals surface area contributed by atoms with E-state index in [9.17, 15) is 13.2 Å². The van der Waals surface area contributed by atoms with Crippen LogP contribution in [0, 0.1) is 6.92 Å². The van der Waals surface area contributed by atoms with Gasteiger partial charge in [-0.05, 0) is 43.2 Å². The van der Waals surface area contributed by atoms with Gasteiger partial charge in [0.2, 0.25) is 10.0 Å². The molecule has 0 atom stereocenters. The van der Waals surface area contributed by atoms with E-state index in [1.54, 1.807) is 0 Å². The van der Waals surface area contributed by atoms with E-state index in [1.165, 1.54) is 24.3 Å². The van der Waals surface area contributed by atoms with E-state index in [4.69, 9.17) is 5.11 Å². The van der Waals surface area contributed by atoms with Crippen LogP contribution in [0.25, 0.3) is 0 Å². The number of aryl methyl sites for hydroxylation is 1. The van der Waals surface area contributed by atoms with E-state index in [0.29, 0.717) is 6.42 Å². The van der Waals surface area contributed by atoms with Crippen LogP contribution in [0.3, 0.4) is 0 Å². The molecular weight excluding hydrogens is 302 g/mol. The Hall–Kier alpha value is -2.18. The number of hydrogen-bond acceptors (Lipinski definition) is 3. The Morgan fingerprint density at radius 1 is 1.05 bits per heavy atom. The maximum Gasteiger partial charge on any atom is 0.335 e. The summed E-state index contributed by atoms with van der Waals surface area (Å²) in [4.78, 5) is 10.8. The zero-order valence-corrected chi connectivity index (χ0v) is 12.9. The topological polar surface area (TPSA) is 83.5 Å². The van der Waals surface area contributed by atoms with Crippen molar-refractivity contribution < 1.29 is 18.3 Å². The zero-order valence-electron chi connectivity index (χ0n) is 12.1. The van der Waals surface area contributed by atoms with Crippen molar-refractivity contribution in [1.82, 2.24) is 4.72 Å². The lowest BCUT2D eigenvalue weighted by atomic mass is 10.1. The van der Waals surface area contributed by atoms with E-state index in [-0.39, 0.29) is 17.0 Å². The molecule has 0 bridgehead atoms. The lowest BCUT2D eigenvalue weighted by molar-refractivity contribution is 0.0696. The van der Waals surface area contributed by atoms with E-state index in [1.807, 2.05) is 31.2 Å².